The highest BCUT2D eigenvalue weighted by atomic mass is 16.7. The van der Waals surface area contributed by atoms with Crippen molar-refractivity contribution < 1.29 is 42.9 Å². The maximum atomic E-state index is 11.9. The molecule has 5 atom stereocenters. The molecule has 1 aliphatic rings. The van der Waals surface area contributed by atoms with Crippen molar-refractivity contribution >= 4 is 23.9 Å². The predicted molar refractivity (Wildman–Crippen MR) is 91.2 cm³/mol. The lowest BCUT2D eigenvalue weighted by Crippen LogP contribution is -2.61. The molecule has 1 saturated heterocycles. The first-order valence-corrected chi connectivity index (χ1v) is 9.20. The Morgan fingerprint density at radius 1 is 0.630 bits per heavy atom. The van der Waals surface area contributed by atoms with Crippen LogP contribution in [0.15, 0.2) is 0 Å². The molecular formula is C18H28O9. The van der Waals surface area contributed by atoms with Crippen molar-refractivity contribution in [2.45, 2.75) is 91.0 Å². The summed E-state index contributed by atoms with van der Waals surface area (Å²) in [4.78, 5) is 47.4. The molecule has 0 aromatic rings. The molecule has 0 radical (unpaired) electrons. The van der Waals surface area contributed by atoms with Gasteiger partial charge < -0.3 is 23.7 Å². The zero-order valence-corrected chi connectivity index (χ0v) is 16.4. The van der Waals surface area contributed by atoms with Gasteiger partial charge in [-0.2, -0.15) is 0 Å². The van der Waals surface area contributed by atoms with Gasteiger partial charge in [-0.25, -0.2) is 0 Å². The smallest absolute Gasteiger partial charge is 0.307 e. The minimum Gasteiger partial charge on any atom is -0.455 e. The van der Waals surface area contributed by atoms with Gasteiger partial charge in [-0.15, -0.1) is 0 Å². The summed E-state index contributed by atoms with van der Waals surface area (Å²) in [6.07, 6.45) is -5.18. The molecule has 0 bridgehead atoms. The molecule has 27 heavy (non-hydrogen) atoms. The van der Waals surface area contributed by atoms with Crippen LogP contribution in [-0.4, -0.2) is 54.6 Å². The Balaban J connectivity index is 3.22. The van der Waals surface area contributed by atoms with Crippen LogP contribution in [0.1, 0.15) is 60.3 Å². The Bertz CT molecular complexity index is 545. The quantitative estimate of drug-likeness (QED) is 0.452. The Labute approximate surface area is 158 Å². The fourth-order valence-corrected chi connectivity index (χ4v) is 2.41. The van der Waals surface area contributed by atoms with E-state index in [0.717, 1.165) is 0 Å². The monoisotopic (exact) mass is 388 g/mol. The van der Waals surface area contributed by atoms with E-state index in [9.17, 15) is 19.2 Å². The van der Waals surface area contributed by atoms with Gasteiger partial charge >= 0.3 is 23.9 Å². The summed E-state index contributed by atoms with van der Waals surface area (Å²) < 4.78 is 27.0. The van der Waals surface area contributed by atoms with Crippen LogP contribution in [0.5, 0.6) is 0 Å². The predicted octanol–water partition coefficient (Wildman–Crippen LogP) is 1.65. The van der Waals surface area contributed by atoms with Gasteiger partial charge in [0.1, 0.15) is 0 Å². The molecule has 9 heteroatoms. The van der Waals surface area contributed by atoms with E-state index < -0.39 is 54.6 Å². The largest absolute Gasteiger partial charge is 0.455 e. The van der Waals surface area contributed by atoms with Crippen LogP contribution >= 0.6 is 0 Å². The van der Waals surface area contributed by atoms with E-state index in [1.54, 1.807) is 34.6 Å². The summed E-state index contributed by atoms with van der Waals surface area (Å²) in [5.74, 6) is -2.29. The molecule has 0 saturated carbocycles. The van der Waals surface area contributed by atoms with Crippen LogP contribution in [0, 0.1) is 0 Å². The summed E-state index contributed by atoms with van der Waals surface area (Å²) in [6, 6.07) is 0. The summed E-state index contributed by atoms with van der Waals surface area (Å²) in [7, 11) is 0. The summed E-state index contributed by atoms with van der Waals surface area (Å²) >= 11 is 0. The average Bonchev–Trinajstić information content (AvgIpc) is 2.66. The first kappa shape index (κ1) is 22.9. The van der Waals surface area contributed by atoms with Gasteiger partial charge in [-0.05, 0) is 6.92 Å². The SMILES string of the molecule is CCC(=O)OC1OC(C)C(OC(=O)CC)C(OC(=O)CC)C1OC(=O)CC. The molecule has 1 heterocycles. The van der Waals surface area contributed by atoms with Gasteiger partial charge in [0.25, 0.3) is 0 Å². The number of hydrogen-bond donors (Lipinski definition) is 0. The van der Waals surface area contributed by atoms with Crippen molar-refractivity contribution in [2.75, 3.05) is 0 Å². The molecule has 9 nitrogen and oxygen atoms in total. The minimum atomic E-state index is -1.28. The number of carbonyl (C=O) groups excluding carboxylic acids is 4. The van der Waals surface area contributed by atoms with Crippen LogP contribution < -0.4 is 0 Å². The Morgan fingerprint density at radius 3 is 1.44 bits per heavy atom. The second-order valence-electron chi connectivity index (χ2n) is 5.98. The van der Waals surface area contributed by atoms with E-state index >= 15 is 0 Å². The van der Waals surface area contributed by atoms with E-state index in [4.69, 9.17) is 23.7 Å². The molecule has 1 fully saturated rings. The third-order valence-corrected chi connectivity index (χ3v) is 3.93. The highest BCUT2D eigenvalue weighted by Gasteiger charge is 2.52. The lowest BCUT2D eigenvalue weighted by Gasteiger charge is -2.43. The summed E-state index contributed by atoms with van der Waals surface area (Å²) in [5.41, 5.74) is 0. The maximum Gasteiger partial charge on any atom is 0.307 e. The Kier molecular flexibility index (Phi) is 9.20. The van der Waals surface area contributed by atoms with Crippen molar-refractivity contribution in [3.05, 3.63) is 0 Å². The first-order chi connectivity index (χ1) is 12.8. The van der Waals surface area contributed by atoms with E-state index in [0.29, 0.717) is 0 Å². The number of hydrogen-bond acceptors (Lipinski definition) is 9. The second-order valence-corrected chi connectivity index (χ2v) is 5.98. The molecule has 1 aliphatic heterocycles. The number of esters is 4. The van der Waals surface area contributed by atoms with E-state index in [2.05, 4.69) is 0 Å². The third-order valence-electron chi connectivity index (χ3n) is 3.93. The van der Waals surface area contributed by atoms with Crippen LogP contribution in [0.4, 0.5) is 0 Å². The third kappa shape index (κ3) is 6.50. The van der Waals surface area contributed by atoms with Crippen molar-refractivity contribution in [2.24, 2.45) is 0 Å². The Hall–Kier alpha value is -2.16. The van der Waals surface area contributed by atoms with Crippen molar-refractivity contribution in [1.82, 2.24) is 0 Å². The van der Waals surface area contributed by atoms with Crippen molar-refractivity contribution in [1.29, 1.82) is 0 Å². The molecule has 0 N–H and O–H groups in total. The van der Waals surface area contributed by atoms with Gasteiger partial charge in [0.15, 0.2) is 12.2 Å². The number of ether oxygens (including phenoxy) is 5. The molecule has 5 unspecified atom stereocenters. The molecule has 0 amide bonds. The standard InChI is InChI=1S/C18H28O9/c1-6-11(19)24-15-10(5)23-18(27-14(22)9-4)17(26-13(21)8-3)16(15)25-12(20)7-2/h10,15-18H,6-9H2,1-5H3. The number of carbonyl (C=O) groups is 4. The highest BCUT2D eigenvalue weighted by Crippen LogP contribution is 2.30. The van der Waals surface area contributed by atoms with Crippen LogP contribution in [0.3, 0.4) is 0 Å². The fraction of sp³-hybridized carbons (Fsp3) is 0.778. The van der Waals surface area contributed by atoms with Crippen LogP contribution in [-0.2, 0) is 42.9 Å². The molecule has 0 spiro atoms. The molecule has 0 aliphatic carbocycles. The minimum absolute atomic E-state index is 0.0500. The van der Waals surface area contributed by atoms with Crippen molar-refractivity contribution in [3.63, 3.8) is 0 Å². The van der Waals surface area contributed by atoms with Crippen molar-refractivity contribution in [3.8, 4) is 0 Å². The van der Waals surface area contributed by atoms with E-state index in [-0.39, 0.29) is 25.7 Å². The molecule has 0 aromatic carbocycles. The van der Waals surface area contributed by atoms with Gasteiger partial charge in [0, 0.05) is 25.7 Å². The molecule has 0 aromatic heterocycles. The van der Waals surface area contributed by atoms with Crippen LogP contribution in [0.2, 0.25) is 0 Å². The van der Waals surface area contributed by atoms with Gasteiger partial charge in [0.2, 0.25) is 12.4 Å². The lowest BCUT2D eigenvalue weighted by atomic mass is 9.98. The number of rotatable bonds is 8. The zero-order valence-electron chi connectivity index (χ0n) is 16.4. The summed E-state index contributed by atoms with van der Waals surface area (Å²) in [5, 5.41) is 0. The maximum absolute atomic E-state index is 11.9. The van der Waals surface area contributed by atoms with Gasteiger partial charge in [-0.1, -0.05) is 27.7 Å². The lowest BCUT2D eigenvalue weighted by molar-refractivity contribution is -0.294. The molecule has 154 valence electrons. The summed E-state index contributed by atoms with van der Waals surface area (Å²) in [6.45, 7) is 7.99. The Morgan fingerprint density at radius 2 is 1.00 bits per heavy atom. The topological polar surface area (TPSA) is 114 Å². The normalized spacial score (nSPS) is 27.4. The first-order valence-electron chi connectivity index (χ1n) is 9.20. The zero-order chi connectivity index (χ0) is 20.6. The fourth-order valence-electron chi connectivity index (χ4n) is 2.41. The van der Waals surface area contributed by atoms with E-state index in [1.807, 2.05) is 0 Å². The highest BCUT2D eigenvalue weighted by molar-refractivity contribution is 5.72. The van der Waals surface area contributed by atoms with Gasteiger partial charge in [-0.3, -0.25) is 19.2 Å². The second kappa shape index (κ2) is 10.9. The van der Waals surface area contributed by atoms with Gasteiger partial charge in [0.05, 0.1) is 6.10 Å². The van der Waals surface area contributed by atoms with Crippen LogP contribution in [0.25, 0.3) is 0 Å². The molecular weight excluding hydrogens is 360 g/mol. The molecule has 1 rings (SSSR count). The average molecular weight is 388 g/mol. The van der Waals surface area contributed by atoms with E-state index in [1.165, 1.54) is 0 Å².